The zero-order chi connectivity index (χ0) is 16.8. The van der Waals surface area contributed by atoms with Gasteiger partial charge in [0.15, 0.2) is 5.82 Å². The van der Waals surface area contributed by atoms with E-state index in [9.17, 15) is 4.79 Å². The molecule has 6 nitrogen and oxygen atoms in total. The number of carbonyl (C=O) groups excluding carboxylic acids is 1. The average molecular weight is 326 g/mol. The predicted octanol–water partition coefficient (Wildman–Crippen LogP) is 3.08. The van der Waals surface area contributed by atoms with Crippen molar-refractivity contribution in [3.8, 4) is 11.4 Å². The van der Waals surface area contributed by atoms with Crippen molar-refractivity contribution in [2.75, 3.05) is 18.5 Å². The Morgan fingerprint density at radius 1 is 1.17 bits per heavy atom. The highest BCUT2D eigenvalue weighted by molar-refractivity contribution is 5.89. The van der Waals surface area contributed by atoms with Crippen molar-refractivity contribution in [2.24, 2.45) is 5.92 Å². The van der Waals surface area contributed by atoms with Gasteiger partial charge in [-0.2, -0.15) is 0 Å². The molecule has 2 amide bonds. The van der Waals surface area contributed by atoms with E-state index >= 15 is 0 Å². The van der Waals surface area contributed by atoms with Gasteiger partial charge in [0, 0.05) is 24.8 Å². The molecule has 6 heteroatoms. The summed E-state index contributed by atoms with van der Waals surface area (Å²) < 4.78 is 5.35. The minimum absolute atomic E-state index is 0.110. The average Bonchev–Trinajstić information content (AvgIpc) is 2.64. The van der Waals surface area contributed by atoms with Crippen LogP contribution in [-0.4, -0.2) is 35.3 Å². The molecule has 1 aromatic carbocycles. The fourth-order valence-corrected chi connectivity index (χ4v) is 2.84. The molecule has 3 rings (SSSR count). The maximum Gasteiger partial charge on any atom is 0.319 e. The lowest BCUT2D eigenvalue weighted by Crippen LogP contribution is -2.42. The van der Waals surface area contributed by atoms with Crippen LogP contribution in [0.1, 0.15) is 19.8 Å². The summed E-state index contributed by atoms with van der Waals surface area (Å²) >= 11 is 0. The van der Waals surface area contributed by atoms with Crippen LogP contribution in [-0.2, 0) is 4.74 Å². The molecular weight excluding hydrogens is 304 g/mol. The molecule has 2 aromatic rings. The lowest BCUT2D eigenvalue weighted by Gasteiger charge is -2.28. The first kappa shape index (κ1) is 16.4. The highest BCUT2D eigenvalue weighted by atomic mass is 16.5. The zero-order valence-electron chi connectivity index (χ0n) is 13.7. The van der Waals surface area contributed by atoms with E-state index in [2.05, 4.69) is 20.6 Å². The van der Waals surface area contributed by atoms with Gasteiger partial charge in [-0.1, -0.05) is 30.3 Å². The fraction of sp³-hybridized carbons (Fsp3) is 0.389. The molecule has 0 saturated carbocycles. The first-order chi connectivity index (χ1) is 11.7. The third-order valence-corrected chi connectivity index (χ3v) is 4.27. The van der Waals surface area contributed by atoms with E-state index in [0.717, 1.165) is 31.6 Å². The van der Waals surface area contributed by atoms with E-state index in [-0.39, 0.29) is 12.1 Å². The lowest BCUT2D eigenvalue weighted by molar-refractivity contribution is 0.0573. The SMILES string of the molecule is C[C@H](NC(=O)Nc1cnc(-c2ccccc2)nc1)C1CCOCC1. The van der Waals surface area contributed by atoms with Gasteiger partial charge >= 0.3 is 6.03 Å². The number of urea groups is 1. The van der Waals surface area contributed by atoms with Gasteiger partial charge in [0.25, 0.3) is 0 Å². The van der Waals surface area contributed by atoms with Crippen molar-refractivity contribution in [1.82, 2.24) is 15.3 Å². The Balaban J connectivity index is 1.54. The molecular formula is C18H22N4O2. The minimum Gasteiger partial charge on any atom is -0.381 e. The van der Waals surface area contributed by atoms with Crippen molar-refractivity contribution in [3.05, 3.63) is 42.7 Å². The summed E-state index contributed by atoms with van der Waals surface area (Å²) in [5.41, 5.74) is 1.52. The Bertz CT molecular complexity index is 654. The summed E-state index contributed by atoms with van der Waals surface area (Å²) in [5.74, 6) is 1.10. The van der Waals surface area contributed by atoms with Crippen molar-refractivity contribution in [3.63, 3.8) is 0 Å². The van der Waals surface area contributed by atoms with Crippen LogP contribution in [0, 0.1) is 5.92 Å². The maximum absolute atomic E-state index is 12.1. The Kier molecular flexibility index (Phi) is 5.38. The number of amides is 2. The van der Waals surface area contributed by atoms with E-state index in [1.54, 1.807) is 12.4 Å². The van der Waals surface area contributed by atoms with Crippen LogP contribution < -0.4 is 10.6 Å². The molecule has 2 N–H and O–H groups in total. The molecule has 1 aliphatic rings. The highest BCUT2D eigenvalue weighted by Crippen LogP contribution is 2.19. The Morgan fingerprint density at radius 2 is 1.83 bits per heavy atom. The molecule has 0 aliphatic carbocycles. The van der Waals surface area contributed by atoms with Gasteiger partial charge in [-0.25, -0.2) is 14.8 Å². The molecule has 0 unspecified atom stereocenters. The monoisotopic (exact) mass is 326 g/mol. The highest BCUT2D eigenvalue weighted by Gasteiger charge is 2.21. The van der Waals surface area contributed by atoms with E-state index in [0.29, 0.717) is 17.4 Å². The summed E-state index contributed by atoms with van der Waals surface area (Å²) in [6.45, 7) is 3.57. The number of benzene rings is 1. The second kappa shape index (κ2) is 7.88. The Labute approximate surface area is 141 Å². The first-order valence-electron chi connectivity index (χ1n) is 8.25. The van der Waals surface area contributed by atoms with Crippen molar-refractivity contribution >= 4 is 11.7 Å². The van der Waals surface area contributed by atoms with Gasteiger partial charge in [0.2, 0.25) is 0 Å². The molecule has 24 heavy (non-hydrogen) atoms. The predicted molar refractivity (Wildman–Crippen MR) is 92.6 cm³/mol. The van der Waals surface area contributed by atoms with Crippen LogP contribution in [0.2, 0.25) is 0 Å². The number of anilines is 1. The molecule has 1 saturated heterocycles. The zero-order valence-corrected chi connectivity index (χ0v) is 13.7. The van der Waals surface area contributed by atoms with Crippen LogP contribution in [0.4, 0.5) is 10.5 Å². The topological polar surface area (TPSA) is 76.1 Å². The van der Waals surface area contributed by atoms with Crippen LogP contribution in [0.25, 0.3) is 11.4 Å². The number of nitrogens with zero attached hydrogens (tertiary/aromatic N) is 2. The van der Waals surface area contributed by atoms with Crippen molar-refractivity contribution < 1.29 is 9.53 Å². The summed E-state index contributed by atoms with van der Waals surface area (Å²) in [6, 6.07) is 9.61. The van der Waals surface area contributed by atoms with Gasteiger partial charge in [-0.05, 0) is 25.7 Å². The Morgan fingerprint density at radius 3 is 2.50 bits per heavy atom. The summed E-state index contributed by atoms with van der Waals surface area (Å²) in [6.07, 6.45) is 5.20. The van der Waals surface area contributed by atoms with Gasteiger partial charge < -0.3 is 15.4 Å². The molecule has 1 aliphatic heterocycles. The lowest BCUT2D eigenvalue weighted by atomic mass is 9.93. The van der Waals surface area contributed by atoms with Crippen LogP contribution in [0.3, 0.4) is 0 Å². The van der Waals surface area contributed by atoms with Crippen LogP contribution in [0.5, 0.6) is 0 Å². The molecule has 0 radical (unpaired) electrons. The van der Waals surface area contributed by atoms with E-state index < -0.39 is 0 Å². The van der Waals surface area contributed by atoms with Gasteiger partial charge in [-0.15, -0.1) is 0 Å². The molecule has 0 bridgehead atoms. The maximum atomic E-state index is 12.1. The van der Waals surface area contributed by atoms with E-state index in [1.165, 1.54) is 0 Å². The van der Waals surface area contributed by atoms with E-state index in [1.807, 2.05) is 37.3 Å². The molecule has 1 atom stereocenters. The third kappa shape index (κ3) is 4.29. The van der Waals surface area contributed by atoms with Crippen LogP contribution in [0.15, 0.2) is 42.7 Å². The molecule has 126 valence electrons. The fourth-order valence-electron chi connectivity index (χ4n) is 2.84. The summed E-state index contributed by atoms with van der Waals surface area (Å²) in [4.78, 5) is 20.7. The summed E-state index contributed by atoms with van der Waals surface area (Å²) in [5, 5.41) is 5.77. The second-order valence-electron chi connectivity index (χ2n) is 6.00. The number of rotatable bonds is 4. The Hall–Kier alpha value is -2.47. The number of nitrogens with one attached hydrogen (secondary N) is 2. The van der Waals surface area contributed by atoms with Crippen LogP contribution >= 0.6 is 0 Å². The number of hydrogen-bond acceptors (Lipinski definition) is 4. The van der Waals surface area contributed by atoms with E-state index in [4.69, 9.17) is 4.74 Å². The number of hydrogen-bond donors (Lipinski definition) is 2. The molecule has 1 fully saturated rings. The van der Waals surface area contributed by atoms with Crippen molar-refractivity contribution in [2.45, 2.75) is 25.8 Å². The largest absolute Gasteiger partial charge is 0.381 e. The van der Waals surface area contributed by atoms with Crippen molar-refractivity contribution in [1.29, 1.82) is 0 Å². The first-order valence-corrected chi connectivity index (χ1v) is 8.25. The molecule has 2 heterocycles. The number of ether oxygens (including phenoxy) is 1. The number of aromatic nitrogens is 2. The molecule has 0 spiro atoms. The van der Waals surface area contributed by atoms with Gasteiger partial charge in [0.1, 0.15) is 0 Å². The third-order valence-electron chi connectivity index (χ3n) is 4.27. The molecule has 1 aromatic heterocycles. The smallest absolute Gasteiger partial charge is 0.319 e. The quantitative estimate of drug-likeness (QED) is 0.905. The van der Waals surface area contributed by atoms with Gasteiger partial charge in [0.05, 0.1) is 18.1 Å². The normalized spacial score (nSPS) is 16.4. The standard InChI is InChI=1S/C18H22N4O2/c1-13(14-7-9-24-10-8-14)21-18(23)22-16-11-19-17(20-12-16)15-5-3-2-4-6-15/h2-6,11-14H,7-10H2,1H3,(H2,21,22,23)/t13-/m0/s1. The summed E-state index contributed by atoms with van der Waals surface area (Å²) in [7, 11) is 0. The number of carbonyl (C=O) groups is 1. The minimum atomic E-state index is -0.231. The second-order valence-corrected chi connectivity index (χ2v) is 6.00. The van der Waals surface area contributed by atoms with Gasteiger partial charge in [-0.3, -0.25) is 0 Å².